The Kier molecular flexibility index (Phi) is 6.07. The fraction of sp³-hybridized carbons (Fsp3) is 0.207. The summed E-state index contributed by atoms with van der Waals surface area (Å²) in [5.74, 6) is 0.416. The van der Waals surface area contributed by atoms with E-state index in [0.29, 0.717) is 31.6 Å². The van der Waals surface area contributed by atoms with Crippen LogP contribution in [0.5, 0.6) is 5.75 Å². The summed E-state index contributed by atoms with van der Waals surface area (Å²) in [5, 5.41) is 15.4. The highest BCUT2D eigenvalue weighted by molar-refractivity contribution is 5.97. The molecule has 0 saturated carbocycles. The van der Waals surface area contributed by atoms with Crippen LogP contribution in [-0.4, -0.2) is 51.7 Å². The molecule has 4 aromatic rings. The SMILES string of the molecule is COc1cccc(CN2CCN(c3ccc4c(c3)CCc3nn(C(=O)c5ccc([N+](=O)[O-])cc5)cc3-4)C2=O)c1. The van der Waals surface area contributed by atoms with E-state index in [1.165, 1.54) is 28.9 Å². The van der Waals surface area contributed by atoms with Gasteiger partial charge in [0.15, 0.2) is 0 Å². The molecular formula is C29H25N5O5. The third-order valence-electron chi connectivity index (χ3n) is 7.25. The van der Waals surface area contributed by atoms with Crippen molar-refractivity contribution in [3.8, 4) is 16.9 Å². The molecule has 0 spiro atoms. The van der Waals surface area contributed by atoms with E-state index < -0.39 is 4.92 Å². The summed E-state index contributed by atoms with van der Waals surface area (Å²) in [7, 11) is 1.63. The van der Waals surface area contributed by atoms with Gasteiger partial charge in [0, 0.05) is 54.8 Å². The van der Waals surface area contributed by atoms with Crippen LogP contribution in [0, 0.1) is 10.1 Å². The van der Waals surface area contributed by atoms with Gasteiger partial charge in [0.05, 0.1) is 17.7 Å². The molecule has 10 nitrogen and oxygen atoms in total. The van der Waals surface area contributed by atoms with Gasteiger partial charge in [0.2, 0.25) is 0 Å². The number of carbonyl (C=O) groups is 2. The Bertz CT molecular complexity index is 1610. The van der Waals surface area contributed by atoms with Crippen LogP contribution >= 0.6 is 0 Å². The minimum Gasteiger partial charge on any atom is -0.497 e. The molecule has 196 valence electrons. The van der Waals surface area contributed by atoms with Crippen LogP contribution in [0.1, 0.15) is 27.2 Å². The standard InChI is InChI=1S/C29H25N5O5/c1-39-24-4-2-3-19(15-24)17-31-13-14-32(29(31)36)23-10-11-25-21(16-23)7-12-27-26(25)18-33(30-27)28(35)20-5-8-22(9-6-20)34(37)38/h2-6,8-11,15-16,18H,7,12-14,17H2,1H3. The van der Waals surface area contributed by atoms with E-state index in [9.17, 15) is 19.7 Å². The number of ether oxygens (including phenoxy) is 1. The second kappa shape index (κ2) is 9.71. The maximum atomic E-state index is 13.2. The summed E-state index contributed by atoms with van der Waals surface area (Å²) in [5.41, 5.74) is 5.91. The van der Waals surface area contributed by atoms with Crippen molar-refractivity contribution in [2.75, 3.05) is 25.1 Å². The normalized spacial score (nSPS) is 14.2. The summed E-state index contributed by atoms with van der Waals surface area (Å²) in [6.45, 7) is 1.76. The molecule has 0 bridgehead atoms. The van der Waals surface area contributed by atoms with E-state index in [-0.39, 0.29) is 17.6 Å². The Hall–Kier alpha value is -4.99. The van der Waals surface area contributed by atoms with Gasteiger partial charge < -0.3 is 9.64 Å². The van der Waals surface area contributed by atoms with Crippen LogP contribution < -0.4 is 9.64 Å². The highest BCUT2D eigenvalue weighted by Gasteiger charge is 2.31. The first-order chi connectivity index (χ1) is 18.9. The number of amides is 2. The molecule has 1 saturated heterocycles. The Labute approximate surface area is 224 Å². The lowest BCUT2D eigenvalue weighted by molar-refractivity contribution is -0.384. The summed E-state index contributed by atoms with van der Waals surface area (Å²) >= 11 is 0. The zero-order valence-electron chi connectivity index (χ0n) is 21.2. The van der Waals surface area contributed by atoms with Crippen molar-refractivity contribution in [1.82, 2.24) is 14.7 Å². The first-order valence-corrected chi connectivity index (χ1v) is 12.6. The van der Waals surface area contributed by atoms with E-state index in [1.807, 2.05) is 41.3 Å². The number of hydrogen-bond acceptors (Lipinski definition) is 6. The summed E-state index contributed by atoms with van der Waals surface area (Å²) in [6.07, 6.45) is 3.13. The first-order valence-electron chi connectivity index (χ1n) is 12.6. The Morgan fingerprint density at radius 1 is 1.03 bits per heavy atom. The molecule has 1 aliphatic carbocycles. The van der Waals surface area contributed by atoms with Crippen molar-refractivity contribution in [2.45, 2.75) is 19.4 Å². The van der Waals surface area contributed by atoms with Crippen molar-refractivity contribution < 1.29 is 19.2 Å². The highest BCUT2D eigenvalue weighted by atomic mass is 16.6. The van der Waals surface area contributed by atoms with Crippen molar-refractivity contribution >= 4 is 23.3 Å². The number of nitrogens with zero attached hydrogens (tertiary/aromatic N) is 5. The second-order valence-electron chi connectivity index (χ2n) is 9.59. The van der Waals surface area contributed by atoms with Crippen molar-refractivity contribution in [3.05, 3.63) is 105 Å². The van der Waals surface area contributed by atoms with Gasteiger partial charge in [0.1, 0.15) is 5.75 Å². The Morgan fingerprint density at radius 3 is 2.62 bits per heavy atom. The van der Waals surface area contributed by atoms with E-state index in [2.05, 4.69) is 11.2 Å². The predicted molar refractivity (Wildman–Crippen MR) is 144 cm³/mol. The van der Waals surface area contributed by atoms with Crippen LogP contribution in [0.25, 0.3) is 11.1 Å². The van der Waals surface area contributed by atoms with Crippen molar-refractivity contribution in [1.29, 1.82) is 0 Å². The fourth-order valence-corrected chi connectivity index (χ4v) is 5.21. The molecule has 3 aromatic carbocycles. The van der Waals surface area contributed by atoms with E-state index >= 15 is 0 Å². The molecule has 0 unspecified atom stereocenters. The zero-order valence-corrected chi connectivity index (χ0v) is 21.2. The van der Waals surface area contributed by atoms with E-state index in [0.717, 1.165) is 45.8 Å². The average molecular weight is 524 g/mol. The van der Waals surface area contributed by atoms with Crippen LogP contribution in [0.4, 0.5) is 16.2 Å². The van der Waals surface area contributed by atoms with Crippen LogP contribution in [-0.2, 0) is 19.4 Å². The number of urea groups is 1. The number of nitro groups is 1. The number of non-ortho nitro benzene ring substituents is 1. The third kappa shape index (κ3) is 4.50. The van der Waals surface area contributed by atoms with Gasteiger partial charge in [-0.05, 0) is 65.9 Å². The number of rotatable bonds is 6. The van der Waals surface area contributed by atoms with Crippen LogP contribution in [0.2, 0.25) is 0 Å². The highest BCUT2D eigenvalue weighted by Crippen LogP contribution is 2.36. The van der Waals surface area contributed by atoms with E-state index in [4.69, 9.17) is 4.74 Å². The molecule has 0 atom stereocenters. The van der Waals surface area contributed by atoms with Gasteiger partial charge in [0.25, 0.3) is 11.6 Å². The molecule has 1 aromatic heterocycles. The average Bonchev–Trinajstić information content (AvgIpc) is 3.56. The third-order valence-corrected chi connectivity index (χ3v) is 7.25. The van der Waals surface area contributed by atoms with Crippen molar-refractivity contribution in [3.63, 3.8) is 0 Å². The number of hydrogen-bond donors (Lipinski definition) is 0. The smallest absolute Gasteiger partial charge is 0.324 e. The molecule has 10 heteroatoms. The zero-order chi connectivity index (χ0) is 27.1. The molecule has 0 N–H and O–H groups in total. The van der Waals surface area contributed by atoms with Gasteiger partial charge in [-0.3, -0.25) is 19.8 Å². The van der Waals surface area contributed by atoms with Gasteiger partial charge in [-0.25, -0.2) is 9.48 Å². The number of methoxy groups -OCH3 is 1. The molecule has 1 fully saturated rings. The lowest BCUT2D eigenvalue weighted by Crippen LogP contribution is -2.31. The maximum absolute atomic E-state index is 13.2. The Morgan fingerprint density at radius 2 is 1.85 bits per heavy atom. The summed E-state index contributed by atoms with van der Waals surface area (Å²) in [6, 6.07) is 19.2. The quantitative estimate of drug-likeness (QED) is 0.268. The lowest BCUT2D eigenvalue weighted by atomic mass is 9.89. The minimum atomic E-state index is -0.500. The summed E-state index contributed by atoms with van der Waals surface area (Å²) < 4.78 is 6.60. The lowest BCUT2D eigenvalue weighted by Gasteiger charge is -2.22. The Balaban J connectivity index is 1.20. The molecule has 1 aliphatic heterocycles. The fourth-order valence-electron chi connectivity index (χ4n) is 5.21. The number of benzene rings is 3. The predicted octanol–water partition coefficient (Wildman–Crippen LogP) is 4.70. The number of anilines is 1. The molecule has 0 radical (unpaired) electrons. The number of nitro benzene ring substituents is 1. The van der Waals surface area contributed by atoms with Crippen molar-refractivity contribution in [2.24, 2.45) is 0 Å². The summed E-state index contributed by atoms with van der Waals surface area (Å²) in [4.78, 5) is 40.3. The first kappa shape index (κ1) is 24.4. The molecule has 2 heterocycles. The number of fused-ring (bicyclic) bond motifs is 3. The monoisotopic (exact) mass is 523 g/mol. The number of carbonyl (C=O) groups excluding carboxylic acids is 2. The van der Waals surface area contributed by atoms with Gasteiger partial charge in [-0.15, -0.1) is 0 Å². The van der Waals surface area contributed by atoms with Crippen LogP contribution in [0.15, 0.2) is 72.9 Å². The molecule has 2 amide bonds. The number of aromatic nitrogens is 2. The maximum Gasteiger partial charge on any atom is 0.324 e. The van der Waals surface area contributed by atoms with Gasteiger partial charge >= 0.3 is 6.03 Å². The van der Waals surface area contributed by atoms with Crippen LogP contribution in [0.3, 0.4) is 0 Å². The molecule has 39 heavy (non-hydrogen) atoms. The van der Waals surface area contributed by atoms with Gasteiger partial charge in [-0.2, -0.15) is 5.10 Å². The minimum absolute atomic E-state index is 0.0317. The topological polar surface area (TPSA) is 111 Å². The number of aryl methyl sites for hydroxylation is 2. The second-order valence-corrected chi connectivity index (χ2v) is 9.59. The molecule has 2 aliphatic rings. The van der Waals surface area contributed by atoms with Gasteiger partial charge in [-0.1, -0.05) is 18.2 Å². The molecular weight excluding hydrogens is 498 g/mol. The van der Waals surface area contributed by atoms with E-state index in [1.54, 1.807) is 18.2 Å². The largest absolute Gasteiger partial charge is 0.497 e. The molecule has 6 rings (SSSR count).